The Labute approximate surface area is 179 Å². The molecule has 30 heavy (non-hydrogen) atoms. The first-order valence-electron chi connectivity index (χ1n) is 10.9. The maximum absolute atomic E-state index is 13.1. The molecule has 1 N–H and O–H groups in total. The van der Waals surface area contributed by atoms with Gasteiger partial charge in [0.25, 0.3) is 0 Å². The van der Waals surface area contributed by atoms with Crippen LogP contribution in [-0.4, -0.2) is 50.2 Å². The topological polar surface area (TPSA) is 86.8 Å². The van der Waals surface area contributed by atoms with Gasteiger partial charge in [-0.1, -0.05) is 13.8 Å². The van der Waals surface area contributed by atoms with Crippen LogP contribution in [-0.2, 0) is 26.0 Å². The fourth-order valence-corrected chi connectivity index (χ4v) is 5.52. The highest BCUT2D eigenvalue weighted by Gasteiger charge is 2.30. The van der Waals surface area contributed by atoms with Crippen LogP contribution in [0.3, 0.4) is 0 Å². The summed E-state index contributed by atoms with van der Waals surface area (Å²) in [7, 11) is -3.55. The third-order valence-electron chi connectivity index (χ3n) is 6.18. The van der Waals surface area contributed by atoms with Crippen LogP contribution in [0.25, 0.3) is 0 Å². The summed E-state index contributed by atoms with van der Waals surface area (Å²) in [4.78, 5) is 26.8. The summed E-state index contributed by atoms with van der Waals surface area (Å²) in [5.41, 5.74) is 1.45. The molecule has 2 aliphatic heterocycles. The van der Waals surface area contributed by atoms with E-state index in [1.807, 2.05) is 13.8 Å². The predicted molar refractivity (Wildman–Crippen MR) is 117 cm³/mol. The van der Waals surface area contributed by atoms with Crippen LogP contribution in [0.2, 0.25) is 0 Å². The highest BCUT2D eigenvalue weighted by Crippen LogP contribution is 2.31. The maximum Gasteiger partial charge on any atom is 0.243 e. The molecule has 1 aromatic rings. The number of hydrogen-bond acceptors (Lipinski definition) is 4. The average molecular weight is 436 g/mol. The minimum Gasteiger partial charge on any atom is -0.352 e. The van der Waals surface area contributed by atoms with E-state index in [4.69, 9.17) is 0 Å². The highest BCUT2D eigenvalue weighted by atomic mass is 32.2. The summed E-state index contributed by atoms with van der Waals surface area (Å²) >= 11 is 0. The molecule has 2 amide bonds. The van der Waals surface area contributed by atoms with Crippen molar-refractivity contribution in [3.63, 3.8) is 0 Å². The molecule has 1 atom stereocenters. The van der Waals surface area contributed by atoms with E-state index in [9.17, 15) is 18.0 Å². The van der Waals surface area contributed by atoms with Gasteiger partial charge in [0, 0.05) is 31.2 Å². The zero-order valence-electron chi connectivity index (χ0n) is 18.2. The Hall–Kier alpha value is -1.93. The van der Waals surface area contributed by atoms with Crippen LogP contribution in [0.1, 0.15) is 58.4 Å². The molecule has 166 valence electrons. The largest absolute Gasteiger partial charge is 0.352 e. The molecule has 0 saturated carbocycles. The summed E-state index contributed by atoms with van der Waals surface area (Å²) < 4.78 is 27.8. The zero-order valence-corrected chi connectivity index (χ0v) is 19.0. The molecule has 2 aliphatic rings. The van der Waals surface area contributed by atoms with Crippen molar-refractivity contribution < 1.29 is 18.0 Å². The first-order chi connectivity index (χ1) is 14.2. The molecule has 0 aliphatic carbocycles. The van der Waals surface area contributed by atoms with E-state index in [0.29, 0.717) is 44.0 Å². The molecule has 1 aromatic carbocycles. The number of aryl methyl sites for hydroxylation is 1. The van der Waals surface area contributed by atoms with Crippen LogP contribution in [0.4, 0.5) is 5.69 Å². The summed E-state index contributed by atoms with van der Waals surface area (Å²) in [6.07, 6.45) is 4.16. The SMILES string of the molecule is CC[C@@H](C)NC(=O)CN1C(=O)CCCc2cc(S(=O)(=O)N3CCC(C)CC3)ccc21. The molecule has 0 spiro atoms. The summed E-state index contributed by atoms with van der Waals surface area (Å²) in [5.74, 6) is 0.239. The number of rotatable bonds is 6. The van der Waals surface area contributed by atoms with E-state index >= 15 is 0 Å². The van der Waals surface area contributed by atoms with Gasteiger partial charge < -0.3 is 10.2 Å². The molecule has 3 rings (SSSR count). The number of hydrogen-bond donors (Lipinski definition) is 1. The summed E-state index contributed by atoms with van der Waals surface area (Å²) in [6.45, 7) is 7.10. The molecule has 7 nitrogen and oxygen atoms in total. The van der Waals surface area contributed by atoms with Crippen molar-refractivity contribution in [2.75, 3.05) is 24.5 Å². The van der Waals surface area contributed by atoms with Crippen molar-refractivity contribution in [3.8, 4) is 0 Å². The molecule has 0 bridgehead atoms. The lowest BCUT2D eigenvalue weighted by Crippen LogP contribution is -2.43. The van der Waals surface area contributed by atoms with Gasteiger partial charge in [-0.3, -0.25) is 9.59 Å². The number of nitrogens with zero attached hydrogens (tertiary/aromatic N) is 2. The molecule has 0 unspecified atom stereocenters. The number of nitrogens with one attached hydrogen (secondary N) is 1. The number of benzene rings is 1. The predicted octanol–water partition coefficient (Wildman–Crippen LogP) is 2.69. The third kappa shape index (κ3) is 5.03. The molecular weight excluding hydrogens is 402 g/mol. The molecule has 2 heterocycles. The van der Waals surface area contributed by atoms with Gasteiger partial charge >= 0.3 is 0 Å². The number of anilines is 1. The van der Waals surface area contributed by atoms with Crippen molar-refractivity contribution in [2.45, 2.75) is 70.2 Å². The van der Waals surface area contributed by atoms with Crippen molar-refractivity contribution >= 4 is 27.5 Å². The second-order valence-electron chi connectivity index (χ2n) is 8.59. The van der Waals surface area contributed by atoms with Gasteiger partial charge in [-0.25, -0.2) is 8.42 Å². The first kappa shape index (κ1) is 22.7. The van der Waals surface area contributed by atoms with E-state index < -0.39 is 10.0 Å². The van der Waals surface area contributed by atoms with E-state index in [0.717, 1.165) is 24.8 Å². The lowest BCUT2D eigenvalue weighted by atomic mass is 10.0. The van der Waals surface area contributed by atoms with Crippen LogP contribution in [0, 0.1) is 5.92 Å². The Morgan fingerprint density at radius 2 is 1.93 bits per heavy atom. The van der Waals surface area contributed by atoms with Gasteiger partial charge in [0.2, 0.25) is 21.8 Å². The second-order valence-corrected chi connectivity index (χ2v) is 10.5. The quantitative estimate of drug-likeness (QED) is 0.744. The molecule has 1 fully saturated rings. The number of sulfonamides is 1. The van der Waals surface area contributed by atoms with Gasteiger partial charge in [-0.05, 0) is 68.7 Å². The zero-order chi connectivity index (χ0) is 21.9. The minimum atomic E-state index is -3.55. The summed E-state index contributed by atoms with van der Waals surface area (Å²) in [6, 6.07) is 5.00. The average Bonchev–Trinajstić information content (AvgIpc) is 2.86. The van der Waals surface area contributed by atoms with Crippen molar-refractivity contribution in [1.29, 1.82) is 0 Å². The second kappa shape index (κ2) is 9.47. The fourth-order valence-electron chi connectivity index (χ4n) is 4.00. The van der Waals surface area contributed by atoms with E-state index in [2.05, 4.69) is 12.2 Å². The van der Waals surface area contributed by atoms with Gasteiger partial charge in [0.1, 0.15) is 6.54 Å². The van der Waals surface area contributed by atoms with Gasteiger partial charge in [0.15, 0.2) is 0 Å². The Kier molecular flexibility index (Phi) is 7.18. The Morgan fingerprint density at radius 1 is 1.23 bits per heavy atom. The Balaban J connectivity index is 1.85. The highest BCUT2D eigenvalue weighted by molar-refractivity contribution is 7.89. The minimum absolute atomic E-state index is 0.0406. The number of carbonyl (C=O) groups is 2. The van der Waals surface area contributed by atoms with E-state index in [1.54, 1.807) is 22.5 Å². The van der Waals surface area contributed by atoms with Crippen molar-refractivity contribution in [2.24, 2.45) is 5.92 Å². The van der Waals surface area contributed by atoms with E-state index in [1.165, 1.54) is 4.90 Å². The standard InChI is InChI=1S/C22H33N3O4S/c1-4-17(3)23-21(26)15-25-20-9-8-19(14-18(20)6-5-7-22(25)27)30(28,29)24-12-10-16(2)11-13-24/h8-9,14,16-17H,4-7,10-13,15H2,1-3H3,(H,23,26)/t17-/m1/s1. The van der Waals surface area contributed by atoms with Crippen LogP contribution in [0.15, 0.2) is 23.1 Å². The lowest BCUT2D eigenvalue weighted by Gasteiger charge is -2.30. The number of amides is 2. The maximum atomic E-state index is 13.1. The number of piperidine rings is 1. The molecular formula is C22H33N3O4S. The van der Waals surface area contributed by atoms with Crippen molar-refractivity contribution in [1.82, 2.24) is 9.62 Å². The molecule has 1 saturated heterocycles. The van der Waals surface area contributed by atoms with Gasteiger partial charge in [-0.15, -0.1) is 0 Å². The fraction of sp³-hybridized carbons (Fsp3) is 0.636. The Morgan fingerprint density at radius 3 is 2.60 bits per heavy atom. The number of carbonyl (C=O) groups excluding carboxylic acids is 2. The monoisotopic (exact) mass is 435 g/mol. The number of fused-ring (bicyclic) bond motifs is 1. The third-order valence-corrected chi connectivity index (χ3v) is 8.08. The van der Waals surface area contributed by atoms with Gasteiger partial charge in [-0.2, -0.15) is 4.31 Å². The van der Waals surface area contributed by atoms with Gasteiger partial charge in [0.05, 0.1) is 4.90 Å². The van der Waals surface area contributed by atoms with E-state index in [-0.39, 0.29) is 29.3 Å². The lowest BCUT2D eigenvalue weighted by molar-refractivity contribution is -0.124. The van der Waals surface area contributed by atoms with Crippen LogP contribution in [0.5, 0.6) is 0 Å². The Bertz CT molecular complexity index is 892. The molecule has 0 radical (unpaired) electrons. The molecule has 0 aromatic heterocycles. The van der Waals surface area contributed by atoms with Crippen LogP contribution < -0.4 is 10.2 Å². The van der Waals surface area contributed by atoms with Crippen molar-refractivity contribution in [3.05, 3.63) is 23.8 Å². The molecule has 8 heteroatoms. The first-order valence-corrected chi connectivity index (χ1v) is 12.4. The van der Waals surface area contributed by atoms with Crippen LogP contribution >= 0.6 is 0 Å². The normalized spacial score (nSPS) is 19.8. The smallest absolute Gasteiger partial charge is 0.243 e. The summed E-state index contributed by atoms with van der Waals surface area (Å²) in [5, 5.41) is 2.90.